The van der Waals surface area contributed by atoms with Gasteiger partial charge >= 0.3 is 50.3 Å². The van der Waals surface area contributed by atoms with Crippen LogP contribution in [0.5, 0.6) is 0 Å². The predicted octanol–water partition coefficient (Wildman–Crippen LogP) is -14.3. The second kappa shape index (κ2) is 20700. The van der Waals surface area contributed by atoms with Crippen molar-refractivity contribution in [3.63, 3.8) is 0 Å². The molecule has 0 spiro atoms. The Balaban J connectivity index is 0. The Morgan fingerprint density at radius 2 is 0.130 bits per heavy atom. The molecule has 0 amide bonds. The van der Waals surface area contributed by atoms with Crippen LogP contribution in [0, 0.1) is 0 Å². The van der Waals surface area contributed by atoms with E-state index >= 15 is 0 Å². The normalized spacial score (nSPS) is 0. The summed E-state index contributed by atoms with van der Waals surface area (Å²) in [6.45, 7) is 0. The zero-order chi connectivity index (χ0) is 0. The summed E-state index contributed by atoms with van der Waals surface area (Å²) in [5.74, 6) is 0. The average Bonchev–Trinajstić information content (AvgIpc) is 0. The van der Waals surface area contributed by atoms with Crippen molar-refractivity contribution in [2.24, 2.45) is 0 Å². The van der Waals surface area contributed by atoms with E-state index < -0.39 is 0 Å². The Kier molecular flexibility index (Phi) is 21300000. The molecule has 0 saturated carbocycles. The van der Waals surface area contributed by atoms with Gasteiger partial charge in [-0.25, -0.2) is 0 Å². The van der Waals surface area contributed by atoms with Gasteiger partial charge in [-0.2, -0.15) is 0 Å². The Labute approximate surface area is 161 Å². The Hall–Kier alpha value is 0.719. The molecule has 0 aromatic carbocycles. The van der Waals surface area contributed by atoms with Crippen molar-refractivity contribution < 1.29 is 149 Å². The number of nitrogens with zero attached hydrogens (tertiary/aromatic N) is 2. The molecule has 0 unspecified atom stereocenters. The van der Waals surface area contributed by atoms with E-state index in [1.54, 1.807) is 0 Å². The van der Waals surface area contributed by atoms with Gasteiger partial charge in [-0.3, -0.25) is 0 Å². The fraction of sp³-hybridized carbons (Fsp3) is 0. The molecule has 0 aromatic rings. The van der Waals surface area contributed by atoms with Crippen molar-refractivity contribution in [3.8, 4) is 0 Å². The van der Waals surface area contributed by atoms with Crippen LogP contribution in [0.3, 0.4) is 0 Å². The van der Waals surface area contributed by atoms with Gasteiger partial charge in [-0.15, -0.1) is 0 Å². The van der Waals surface area contributed by atoms with Gasteiger partial charge in [-0.05, 0) is 0 Å². The molecular weight excluding hydrogens is 493 g/mol. The molecule has 0 saturated heterocycles. The molecular formula is H36Co3N2O18. The molecule has 0 atom stereocenters. The van der Waals surface area contributed by atoms with Crippen LogP contribution in [0.15, 0.2) is 0 Å². The third kappa shape index (κ3) is 18800. The summed E-state index contributed by atoms with van der Waals surface area (Å²) in [4.78, 5) is 0. The zero-order valence-corrected chi connectivity index (χ0v) is 14.0. The van der Waals surface area contributed by atoms with Crippen molar-refractivity contribution in [2.45, 2.75) is 0 Å². The minimum absolute atomic E-state index is 0. The van der Waals surface area contributed by atoms with Crippen molar-refractivity contribution in [1.82, 2.24) is 0 Å². The maximum Gasteiger partial charge on any atom is 2.00 e. The second-order valence-electron chi connectivity index (χ2n) is 0. The first kappa shape index (κ1) is 23700. The molecule has 20 nitrogen and oxygen atoms in total. The van der Waals surface area contributed by atoms with E-state index in [9.17, 15) is 0 Å². The molecule has 3 radical (unpaired) electrons. The van der Waals surface area contributed by atoms with Gasteiger partial charge in [0.2, 0.25) is 0 Å². The SMILES string of the molecule is O.O.O.O.O.O.O.O.O.O.O.O.O.O.O.O.O.O.[Co+2].[Co+2].[Co+2].[N-3].[N-3]. The molecule has 23 heteroatoms. The first-order valence-corrected chi connectivity index (χ1v) is 0. The summed E-state index contributed by atoms with van der Waals surface area (Å²) in [5, 5.41) is 0. The Morgan fingerprint density at radius 3 is 0.130 bits per heavy atom. The summed E-state index contributed by atoms with van der Waals surface area (Å²) in [5.41, 5.74) is 0. The van der Waals surface area contributed by atoms with Crippen molar-refractivity contribution >= 4 is 0 Å². The van der Waals surface area contributed by atoms with E-state index in [1.165, 1.54) is 0 Å². The molecule has 23 heavy (non-hydrogen) atoms. The van der Waals surface area contributed by atoms with Crippen molar-refractivity contribution in [2.75, 3.05) is 0 Å². The molecule has 181 valence electrons. The van der Waals surface area contributed by atoms with Crippen LogP contribution in [0.1, 0.15) is 0 Å². The van der Waals surface area contributed by atoms with E-state index in [0.717, 1.165) is 0 Å². The van der Waals surface area contributed by atoms with Gasteiger partial charge in [0.25, 0.3) is 0 Å². The van der Waals surface area contributed by atoms with Crippen LogP contribution in [-0.4, -0.2) is 98.6 Å². The summed E-state index contributed by atoms with van der Waals surface area (Å²) in [6, 6.07) is 0. The standard InChI is InChI=1S/3Co.2N.18H2O/h;;;;;18*1H2/q3*+2;2*-3;;;;;;;;;;;;;;;;;;. The van der Waals surface area contributed by atoms with Crippen LogP contribution < -0.4 is 0 Å². The monoisotopic (exact) mass is 529 g/mol. The molecule has 36 N–H and O–H groups in total. The fourth-order valence-corrected chi connectivity index (χ4v) is 0. The molecule has 0 aromatic heterocycles. The summed E-state index contributed by atoms with van der Waals surface area (Å²) in [6.07, 6.45) is 0. The van der Waals surface area contributed by atoms with Gasteiger partial charge in [-0.1, -0.05) is 0 Å². The van der Waals surface area contributed by atoms with Crippen LogP contribution in [0.2, 0.25) is 0 Å². The number of hydrogen-bond acceptors (Lipinski definition) is 0. The topological polar surface area (TPSA) is 628 Å². The third-order valence-corrected chi connectivity index (χ3v) is 0. The maximum absolute atomic E-state index is 0. The first-order valence-electron chi connectivity index (χ1n) is 0. The summed E-state index contributed by atoms with van der Waals surface area (Å²) < 4.78 is 0. The number of rotatable bonds is 0. The van der Waals surface area contributed by atoms with E-state index in [2.05, 4.69) is 0 Å². The molecule has 0 aliphatic heterocycles. The van der Waals surface area contributed by atoms with Crippen LogP contribution in [0.25, 0.3) is 12.3 Å². The van der Waals surface area contributed by atoms with Crippen LogP contribution in [0.4, 0.5) is 0 Å². The van der Waals surface area contributed by atoms with Crippen LogP contribution >= 0.6 is 0 Å². The Morgan fingerprint density at radius 1 is 0.130 bits per heavy atom. The predicted molar refractivity (Wildman–Crippen MR) is 71.8 cm³/mol. The smallest absolute Gasteiger partial charge is 2.00 e. The largest absolute Gasteiger partial charge is 3.00 e. The van der Waals surface area contributed by atoms with Gasteiger partial charge in [0.05, 0.1) is 0 Å². The summed E-state index contributed by atoms with van der Waals surface area (Å²) >= 11 is 0. The molecule has 0 heterocycles. The summed E-state index contributed by atoms with van der Waals surface area (Å²) in [7, 11) is 0. The van der Waals surface area contributed by atoms with Gasteiger partial charge in [0, 0.05) is 0 Å². The second-order valence-corrected chi connectivity index (χ2v) is 0. The molecule has 0 bridgehead atoms. The van der Waals surface area contributed by atoms with Crippen molar-refractivity contribution in [1.29, 1.82) is 0 Å². The fourth-order valence-electron chi connectivity index (χ4n) is 0. The molecule has 0 aliphatic rings. The first-order chi connectivity index (χ1) is 0. The third-order valence-electron chi connectivity index (χ3n) is 0. The quantitative estimate of drug-likeness (QED) is 0.282. The molecule has 0 rings (SSSR count). The van der Waals surface area contributed by atoms with Gasteiger partial charge in [0.1, 0.15) is 0 Å². The maximum atomic E-state index is 0. The number of hydrogen-bond donors (Lipinski definition) is 0. The Bertz CT molecular complexity index is 22.2. The van der Waals surface area contributed by atoms with Crippen molar-refractivity contribution in [3.05, 3.63) is 12.3 Å². The minimum atomic E-state index is 0. The van der Waals surface area contributed by atoms with E-state index in [0.29, 0.717) is 0 Å². The van der Waals surface area contributed by atoms with Gasteiger partial charge < -0.3 is 111 Å². The molecule has 0 aliphatic carbocycles. The van der Waals surface area contributed by atoms with E-state index in [-0.39, 0.29) is 161 Å². The minimum Gasteiger partial charge on any atom is -3.00 e. The molecule has 0 fully saturated rings. The van der Waals surface area contributed by atoms with Gasteiger partial charge in [0.15, 0.2) is 0 Å². The van der Waals surface area contributed by atoms with E-state index in [4.69, 9.17) is 0 Å². The zero-order valence-electron chi connectivity index (χ0n) is 10.9. The van der Waals surface area contributed by atoms with E-state index in [1.807, 2.05) is 0 Å². The average molecular weight is 529 g/mol. The van der Waals surface area contributed by atoms with Crippen LogP contribution in [-0.2, 0) is 50.3 Å².